The lowest BCUT2D eigenvalue weighted by molar-refractivity contribution is 0.0472. The Kier molecular flexibility index (Phi) is 5.76. The molecule has 0 spiro atoms. The topological polar surface area (TPSA) is 48.4 Å². The number of para-hydroxylation sites is 1. The molecule has 5 aromatic carbocycles. The Morgan fingerprint density at radius 1 is 0.611 bits per heavy atom. The molecule has 174 valence electrons. The molecule has 0 aliphatic heterocycles. The molecule has 6 aromatic rings. The lowest BCUT2D eigenvalue weighted by atomic mass is 10.1. The lowest BCUT2D eigenvalue weighted by Gasteiger charge is -2.10. The van der Waals surface area contributed by atoms with Gasteiger partial charge in [-0.25, -0.2) is 4.79 Å². The molecule has 4 nitrogen and oxygen atoms in total. The second-order valence-electron chi connectivity index (χ2n) is 8.81. The molecule has 0 aliphatic rings. The molecule has 0 bridgehead atoms. The third-order valence-corrected chi connectivity index (χ3v) is 6.28. The molecule has 0 radical (unpaired) electrons. The number of aromatic nitrogens is 1. The second-order valence-corrected chi connectivity index (χ2v) is 8.81. The smallest absolute Gasteiger partial charge is 0.338 e. The third kappa shape index (κ3) is 4.62. The Morgan fingerprint density at radius 3 is 2.22 bits per heavy atom. The summed E-state index contributed by atoms with van der Waals surface area (Å²) in [6.07, 6.45) is 1.75. The summed E-state index contributed by atoms with van der Waals surface area (Å²) < 4.78 is 11.6. The van der Waals surface area contributed by atoms with E-state index in [0.717, 1.165) is 38.6 Å². The van der Waals surface area contributed by atoms with Crippen LogP contribution in [-0.4, -0.2) is 11.0 Å². The van der Waals surface area contributed by atoms with Gasteiger partial charge in [0.1, 0.15) is 19.0 Å². The zero-order valence-electron chi connectivity index (χ0n) is 19.6. The Balaban J connectivity index is 1.12. The van der Waals surface area contributed by atoms with E-state index in [0.29, 0.717) is 12.2 Å². The third-order valence-electron chi connectivity index (χ3n) is 6.28. The summed E-state index contributed by atoms with van der Waals surface area (Å²) >= 11 is 0. The van der Waals surface area contributed by atoms with Crippen molar-refractivity contribution >= 4 is 38.4 Å². The standard InChI is InChI=1S/C32H23NO3/c34-32(36-21-23-16-28-7-3-4-8-31(28)33-19-23)29-12-11-27-18-30(14-13-26(27)17-29)35-20-22-9-10-24-5-1-2-6-25(24)15-22/h1-19H,20-21H2. The van der Waals surface area contributed by atoms with Crippen LogP contribution < -0.4 is 4.74 Å². The number of nitrogens with zero attached hydrogens (tertiary/aromatic N) is 1. The summed E-state index contributed by atoms with van der Waals surface area (Å²) in [7, 11) is 0. The number of carbonyl (C=O) groups excluding carboxylic acids is 1. The van der Waals surface area contributed by atoms with Gasteiger partial charge in [0.15, 0.2) is 0 Å². The molecule has 0 fully saturated rings. The number of rotatable bonds is 6. The summed E-state index contributed by atoms with van der Waals surface area (Å²) in [4.78, 5) is 17.1. The maximum Gasteiger partial charge on any atom is 0.338 e. The zero-order chi connectivity index (χ0) is 24.3. The molecule has 36 heavy (non-hydrogen) atoms. The van der Waals surface area contributed by atoms with E-state index in [9.17, 15) is 4.79 Å². The monoisotopic (exact) mass is 469 g/mol. The van der Waals surface area contributed by atoms with Crippen LogP contribution >= 0.6 is 0 Å². The lowest BCUT2D eigenvalue weighted by Crippen LogP contribution is -2.05. The highest BCUT2D eigenvalue weighted by molar-refractivity contribution is 5.95. The molecule has 0 atom stereocenters. The zero-order valence-corrected chi connectivity index (χ0v) is 19.6. The molecule has 6 rings (SSSR count). The van der Waals surface area contributed by atoms with E-state index >= 15 is 0 Å². The van der Waals surface area contributed by atoms with Crippen molar-refractivity contribution in [1.29, 1.82) is 0 Å². The number of carbonyl (C=O) groups is 1. The van der Waals surface area contributed by atoms with Gasteiger partial charge < -0.3 is 9.47 Å². The van der Waals surface area contributed by atoms with Gasteiger partial charge >= 0.3 is 5.97 Å². The molecule has 0 amide bonds. The molecular formula is C32H23NO3. The maximum absolute atomic E-state index is 12.7. The van der Waals surface area contributed by atoms with Crippen molar-refractivity contribution in [3.63, 3.8) is 0 Å². The summed E-state index contributed by atoms with van der Waals surface area (Å²) in [5, 5.41) is 5.40. The van der Waals surface area contributed by atoms with Crippen LogP contribution in [-0.2, 0) is 18.0 Å². The van der Waals surface area contributed by atoms with Crippen molar-refractivity contribution < 1.29 is 14.3 Å². The van der Waals surface area contributed by atoms with Gasteiger partial charge in [-0.3, -0.25) is 4.98 Å². The van der Waals surface area contributed by atoms with E-state index in [2.05, 4.69) is 35.3 Å². The summed E-state index contributed by atoms with van der Waals surface area (Å²) in [5.41, 5.74) is 3.41. The van der Waals surface area contributed by atoms with E-state index in [1.807, 2.05) is 72.8 Å². The fourth-order valence-electron chi connectivity index (χ4n) is 4.36. The van der Waals surface area contributed by atoms with E-state index in [1.54, 1.807) is 12.3 Å². The van der Waals surface area contributed by atoms with Crippen LogP contribution in [0.15, 0.2) is 115 Å². The van der Waals surface area contributed by atoms with Crippen molar-refractivity contribution in [2.24, 2.45) is 0 Å². The first-order valence-electron chi connectivity index (χ1n) is 11.9. The quantitative estimate of drug-likeness (QED) is 0.237. The summed E-state index contributed by atoms with van der Waals surface area (Å²) in [6, 6.07) is 36.0. The van der Waals surface area contributed by atoms with Crippen LogP contribution in [0.1, 0.15) is 21.5 Å². The van der Waals surface area contributed by atoms with E-state index in [4.69, 9.17) is 9.47 Å². The van der Waals surface area contributed by atoms with E-state index < -0.39 is 0 Å². The van der Waals surface area contributed by atoms with Gasteiger partial charge in [-0.1, -0.05) is 66.7 Å². The first-order valence-corrected chi connectivity index (χ1v) is 11.9. The first kappa shape index (κ1) is 21.8. The maximum atomic E-state index is 12.7. The normalized spacial score (nSPS) is 11.1. The molecule has 0 N–H and O–H groups in total. The number of pyridine rings is 1. The molecular weight excluding hydrogens is 446 g/mol. The molecule has 1 heterocycles. The van der Waals surface area contributed by atoms with Crippen LogP contribution in [0, 0.1) is 0 Å². The van der Waals surface area contributed by atoms with Crippen LogP contribution in [0.2, 0.25) is 0 Å². The van der Waals surface area contributed by atoms with Crippen LogP contribution in [0.5, 0.6) is 5.75 Å². The van der Waals surface area contributed by atoms with Crippen LogP contribution in [0.4, 0.5) is 0 Å². The van der Waals surface area contributed by atoms with E-state index in [-0.39, 0.29) is 12.6 Å². The van der Waals surface area contributed by atoms with Gasteiger partial charge in [0.25, 0.3) is 0 Å². The van der Waals surface area contributed by atoms with Crippen molar-refractivity contribution in [3.8, 4) is 5.75 Å². The predicted octanol–water partition coefficient (Wildman–Crippen LogP) is 7.48. The SMILES string of the molecule is O=C(OCc1cnc2ccccc2c1)c1ccc2cc(OCc3ccc4ccccc4c3)ccc2c1. The van der Waals surface area contributed by atoms with Gasteiger partial charge in [-0.05, 0) is 69.6 Å². The highest BCUT2D eigenvalue weighted by Gasteiger charge is 2.10. The molecule has 0 saturated carbocycles. The van der Waals surface area contributed by atoms with Crippen molar-refractivity contribution in [2.75, 3.05) is 0 Å². The number of hydrogen-bond acceptors (Lipinski definition) is 4. The first-order chi connectivity index (χ1) is 17.7. The van der Waals surface area contributed by atoms with Gasteiger partial charge in [0, 0.05) is 17.1 Å². The summed E-state index contributed by atoms with van der Waals surface area (Å²) in [5.74, 6) is 0.427. The van der Waals surface area contributed by atoms with Gasteiger partial charge in [0.05, 0.1) is 11.1 Å². The average Bonchev–Trinajstić information content (AvgIpc) is 2.94. The minimum Gasteiger partial charge on any atom is -0.489 e. The Bertz CT molecular complexity index is 1720. The average molecular weight is 470 g/mol. The molecule has 4 heteroatoms. The number of ether oxygens (including phenoxy) is 2. The van der Waals surface area contributed by atoms with Gasteiger partial charge in [-0.2, -0.15) is 0 Å². The van der Waals surface area contributed by atoms with Crippen molar-refractivity contribution in [1.82, 2.24) is 4.98 Å². The number of benzene rings is 5. The van der Waals surface area contributed by atoms with Crippen molar-refractivity contribution in [2.45, 2.75) is 13.2 Å². The van der Waals surface area contributed by atoms with Crippen molar-refractivity contribution in [3.05, 3.63) is 132 Å². The largest absolute Gasteiger partial charge is 0.489 e. The highest BCUT2D eigenvalue weighted by Crippen LogP contribution is 2.24. The number of hydrogen-bond donors (Lipinski definition) is 0. The van der Waals surface area contributed by atoms with Crippen LogP contribution in [0.3, 0.4) is 0 Å². The molecule has 1 aromatic heterocycles. The van der Waals surface area contributed by atoms with Gasteiger partial charge in [0.2, 0.25) is 0 Å². The van der Waals surface area contributed by atoms with Crippen LogP contribution in [0.25, 0.3) is 32.4 Å². The Morgan fingerprint density at radius 2 is 1.31 bits per heavy atom. The minimum absolute atomic E-state index is 0.177. The number of fused-ring (bicyclic) bond motifs is 3. The fraction of sp³-hybridized carbons (Fsp3) is 0.0625. The molecule has 0 aliphatic carbocycles. The Labute approximate surface area is 208 Å². The minimum atomic E-state index is -0.360. The molecule has 0 unspecified atom stereocenters. The van der Waals surface area contributed by atoms with Gasteiger partial charge in [-0.15, -0.1) is 0 Å². The number of esters is 1. The highest BCUT2D eigenvalue weighted by atomic mass is 16.5. The Hall–Kier alpha value is -4.70. The predicted molar refractivity (Wildman–Crippen MR) is 143 cm³/mol. The van der Waals surface area contributed by atoms with E-state index in [1.165, 1.54) is 10.8 Å². The summed E-state index contributed by atoms with van der Waals surface area (Å²) in [6.45, 7) is 0.667. The second kappa shape index (κ2) is 9.51. The molecule has 0 saturated heterocycles. The fourth-order valence-corrected chi connectivity index (χ4v) is 4.36.